The molecule has 1 amide bonds. The summed E-state index contributed by atoms with van der Waals surface area (Å²) in [6, 6.07) is 16.8. The molecular weight excluding hydrogens is 580 g/mol. The second kappa shape index (κ2) is 13.7. The van der Waals surface area contributed by atoms with E-state index < -0.39 is 0 Å². The number of hydrogen-bond donors (Lipinski definition) is 3. The van der Waals surface area contributed by atoms with Crippen molar-refractivity contribution in [2.75, 3.05) is 36.9 Å². The van der Waals surface area contributed by atoms with E-state index in [0.29, 0.717) is 63.3 Å². The third kappa shape index (κ3) is 6.92. The summed E-state index contributed by atoms with van der Waals surface area (Å²) in [4.78, 5) is 22.1. The molecule has 2 fully saturated rings. The van der Waals surface area contributed by atoms with Gasteiger partial charge < -0.3 is 30.2 Å². The second-order valence-electron chi connectivity index (χ2n) is 10.5. The van der Waals surface area contributed by atoms with Crippen LogP contribution in [0.25, 0.3) is 10.9 Å². The Kier molecular flexibility index (Phi) is 9.17. The molecular formula is C33H31ClN6O4. The number of piperidine rings is 1. The van der Waals surface area contributed by atoms with Crippen molar-refractivity contribution in [1.29, 1.82) is 5.26 Å². The highest BCUT2D eigenvalue weighted by Gasteiger charge is 2.23. The fourth-order valence-corrected chi connectivity index (χ4v) is 5.42. The van der Waals surface area contributed by atoms with Gasteiger partial charge in [0.1, 0.15) is 36.0 Å². The molecule has 4 heterocycles. The van der Waals surface area contributed by atoms with Gasteiger partial charge in [0.05, 0.1) is 40.7 Å². The van der Waals surface area contributed by atoms with Crippen LogP contribution in [-0.4, -0.2) is 48.3 Å². The summed E-state index contributed by atoms with van der Waals surface area (Å²) in [7, 11) is 0. The molecule has 2 aromatic heterocycles. The van der Waals surface area contributed by atoms with Gasteiger partial charge in [0.25, 0.3) is 0 Å². The number of nitrogens with one attached hydrogen (secondary N) is 3. The zero-order valence-electron chi connectivity index (χ0n) is 23.9. The Labute approximate surface area is 260 Å². The Bertz CT molecular complexity index is 1730. The maximum atomic E-state index is 13.2. The first-order valence-corrected chi connectivity index (χ1v) is 14.9. The number of pyridine rings is 2. The lowest BCUT2D eigenvalue weighted by Gasteiger charge is -2.20. The number of anilines is 3. The van der Waals surface area contributed by atoms with Crippen LogP contribution in [0.3, 0.4) is 0 Å². The largest absolute Gasteiger partial charge is 0.486 e. The maximum absolute atomic E-state index is 13.2. The molecule has 0 aliphatic carbocycles. The molecule has 44 heavy (non-hydrogen) atoms. The predicted octanol–water partition coefficient (Wildman–Crippen LogP) is 5.89. The molecule has 2 saturated heterocycles. The standard InChI is InChI=1S/C33H31ClN6O4/c34-27-16-23(4-6-28(27)43-19-24-3-1-2-11-37-24)39-31-22(17-35)18-38-32-26(31)5-7-29(44-25-10-14-42-20-25)33(32)40-30(41)15-21-8-12-36-13-9-21/h1-7,11,15-16,18,25,36H,8-10,12-14,19-20H2,(H,38,39)(H,40,41). The average molecular weight is 611 g/mol. The number of nitrogens with zero attached hydrogens (tertiary/aromatic N) is 3. The molecule has 6 rings (SSSR count). The first-order valence-electron chi connectivity index (χ1n) is 14.5. The van der Waals surface area contributed by atoms with Gasteiger partial charge in [-0.05, 0) is 68.4 Å². The number of hydrogen-bond acceptors (Lipinski definition) is 9. The lowest BCUT2D eigenvalue weighted by molar-refractivity contribution is -0.112. The Morgan fingerprint density at radius 3 is 2.75 bits per heavy atom. The van der Waals surface area contributed by atoms with Crippen LogP contribution in [0.15, 0.2) is 72.6 Å². The van der Waals surface area contributed by atoms with Gasteiger partial charge >= 0.3 is 0 Å². The summed E-state index contributed by atoms with van der Waals surface area (Å²) in [5, 5.41) is 20.7. The van der Waals surface area contributed by atoms with E-state index in [1.54, 1.807) is 30.5 Å². The molecule has 0 saturated carbocycles. The lowest BCUT2D eigenvalue weighted by atomic mass is 10.0. The van der Waals surface area contributed by atoms with E-state index >= 15 is 0 Å². The molecule has 0 spiro atoms. The van der Waals surface area contributed by atoms with Crippen LogP contribution in [0, 0.1) is 11.3 Å². The van der Waals surface area contributed by atoms with Crippen molar-refractivity contribution in [3.05, 3.63) is 88.9 Å². The summed E-state index contributed by atoms with van der Waals surface area (Å²) in [6.45, 7) is 3.06. The number of carbonyl (C=O) groups is 1. The first kappa shape index (κ1) is 29.4. The zero-order chi connectivity index (χ0) is 30.3. The summed E-state index contributed by atoms with van der Waals surface area (Å²) in [5.41, 5.74) is 4.30. The third-order valence-electron chi connectivity index (χ3n) is 7.44. The lowest BCUT2D eigenvalue weighted by Crippen LogP contribution is -2.24. The molecule has 224 valence electrons. The van der Waals surface area contributed by atoms with Crippen LogP contribution in [0.5, 0.6) is 11.5 Å². The van der Waals surface area contributed by atoms with Crippen LogP contribution in [0.4, 0.5) is 17.1 Å². The van der Waals surface area contributed by atoms with E-state index in [0.717, 1.165) is 43.6 Å². The summed E-state index contributed by atoms with van der Waals surface area (Å²) in [5.74, 6) is 0.745. The molecule has 0 radical (unpaired) electrons. The maximum Gasteiger partial charge on any atom is 0.248 e. The number of nitriles is 1. The molecule has 10 nitrogen and oxygen atoms in total. The third-order valence-corrected chi connectivity index (χ3v) is 7.73. The fraction of sp³-hybridized carbons (Fsp3) is 0.273. The van der Waals surface area contributed by atoms with E-state index in [1.165, 1.54) is 6.20 Å². The Hall–Kier alpha value is -4.69. The molecule has 1 atom stereocenters. The first-order chi connectivity index (χ1) is 21.6. The number of ether oxygens (including phenoxy) is 3. The van der Waals surface area contributed by atoms with Crippen molar-refractivity contribution in [1.82, 2.24) is 15.3 Å². The summed E-state index contributed by atoms with van der Waals surface area (Å²) >= 11 is 6.57. The average Bonchev–Trinajstić information content (AvgIpc) is 3.56. The van der Waals surface area contributed by atoms with Gasteiger partial charge in [-0.3, -0.25) is 14.8 Å². The zero-order valence-corrected chi connectivity index (χ0v) is 24.7. The Morgan fingerprint density at radius 1 is 1.14 bits per heavy atom. The van der Waals surface area contributed by atoms with Crippen LogP contribution < -0.4 is 25.4 Å². The Balaban J connectivity index is 1.32. The molecule has 0 bridgehead atoms. The van der Waals surface area contributed by atoms with E-state index in [2.05, 4.69) is 32.0 Å². The Morgan fingerprint density at radius 2 is 2.00 bits per heavy atom. The van der Waals surface area contributed by atoms with Gasteiger partial charge in [-0.2, -0.15) is 5.26 Å². The van der Waals surface area contributed by atoms with E-state index in [4.69, 9.17) is 25.8 Å². The topological polar surface area (TPSA) is 130 Å². The number of halogens is 1. The van der Waals surface area contributed by atoms with E-state index in [9.17, 15) is 10.1 Å². The minimum absolute atomic E-state index is 0.137. The smallest absolute Gasteiger partial charge is 0.248 e. The second-order valence-corrected chi connectivity index (χ2v) is 10.9. The number of fused-ring (bicyclic) bond motifs is 1. The predicted molar refractivity (Wildman–Crippen MR) is 168 cm³/mol. The van der Waals surface area contributed by atoms with Gasteiger partial charge in [0, 0.05) is 36.0 Å². The highest BCUT2D eigenvalue weighted by Crippen LogP contribution is 2.39. The van der Waals surface area contributed by atoms with Crippen molar-refractivity contribution in [2.45, 2.75) is 32.0 Å². The summed E-state index contributed by atoms with van der Waals surface area (Å²) in [6.07, 6.45) is 7.10. The summed E-state index contributed by atoms with van der Waals surface area (Å²) < 4.78 is 17.6. The number of amides is 1. The molecule has 3 N–H and O–H groups in total. The van der Waals surface area contributed by atoms with E-state index in [1.807, 2.05) is 30.3 Å². The van der Waals surface area contributed by atoms with Gasteiger partial charge in [-0.25, -0.2) is 0 Å². The normalized spacial score (nSPS) is 16.3. The molecule has 2 aromatic carbocycles. The molecule has 2 aliphatic heterocycles. The molecule has 11 heteroatoms. The molecule has 2 aliphatic rings. The number of aromatic nitrogens is 2. The minimum atomic E-state index is -0.254. The van der Waals surface area contributed by atoms with E-state index in [-0.39, 0.29) is 18.6 Å². The number of benzene rings is 2. The van der Waals surface area contributed by atoms with Crippen molar-refractivity contribution in [2.24, 2.45) is 0 Å². The fourth-order valence-electron chi connectivity index (χ4n) is 5.18. The van der Waals surface area contributed by atoms with Crippen molar-refractivity contribution in [3.63, 3.8) is 0 Å². The number of carbonyl (C=O) groups excluding carboxylic acids is 1. The van der Waals surface area contributed by atoms with Gasteiger partial charge in [0.2, 0.25) is 5.91 Å². The molecule has 4 aromatic rings. The highest BCUT2D eigenvalue weighted by molar-refractivity contribution is 6.32. The number of rotatable bonds is 9. The monoisotopic (exact) mass is 610 g/mol. The van der Waals surface area contributed by atoms with Crippen LogP contribution in [-0.2, 0) is 16.1 Å². The van der Waals surface area contributed by atoms with Gasteiger partial charge in [-0.1, -0.05) is 23.2 Å². The van der Waals surface area contributed by atoms with Crippen molar-refractivity contribution >= 4 is 45.5 Å². The van der Waals surface area contributed by atoms with Crippen LogP contribution >= 0.6 is 11.6 Å². The van der Waals surface area contributed by atoms with Crippen LogP contribution in [0.2, 0.25) is 5.02 Å². The van der Waals surface area contributed by atoms with Gasteiger partial charge in [-0.15, -0.1) is 0 Å². The highest BCUT2D eigenvalue weighted by atomic mass is 35.5. The minimum Gasteiger partial charge on any atom is -0.486 e. The van der Waals surface area contributed by atoms with Crippen molar-refractivity contribution < 1.29 is 19.0 Å². The van der Waals surface area contributed by atoms with Crippen LogP contribution in [0.1, 0.15) is 30.5 Å². The van der Waals surface area contributed by atoms with Crippen molar-refractivity contribution in [3.8, 4) is 17.6 Å². The SMILES string of the molecule is N#Cc1cnc2c(NC(=O)C=C3CCNCC3)c(OC3CCOC3)ccc2c1Nc1ccc(OCc2ccccn2)c(Cl)c1. The van der Waals surface area contributed by atoms with Gasteiger partial charge in [0.15, 0.2) is 0 Å². The molecule has 1 unspecified atom stereocenters. The quantitative estimate of drug-likeness (QED) is 0.198.